The number of hydrogen-bond donors (Lipinski definition) is 0. The SMILES string of the molecule is CC[C](CC)C(C)(C)CC=O. The van der Waals surface area contributed by atoms with Gasteiger partial charge in [-0.3, -0.25) is 0 Å². The normalized spacial score (nSPS) is 12.1. The van der Waals surface area contributed by atoms with Crippen LogP contribution in [-0.4, -0.2) is 6.29 Å². The predicted octanol–water partition coefficient (Wildman–Crippen LogP) is 3.00. The van der Waals surface area contributed by atoms with E-state index in [-0.39, 0.29) is 5.41 Å². The van der Waals surface area contributed by atoms with Gasteiger partial charge in [-0.05, 0) is 24.2 Å². The van der Waals surface area contributed by atoms with Crippen LogP contribution in [0.1, 0.15) is 47.0 Å². The lowest BCUT2D eigenvalue weighted by Gasteiger charge is -2.30. The van der Waals surface area contributed by atoms with Crippen molar-refractivity contribution in [1.82, 2.24) is 0 Å². The van der Waals surface area contributed by atoms with Crippen LogP contribution >= 0.6 is 0 Å². The summed E-state index contributed by atoms with van der Waals surface area (Å²) in [7, 11) is 0. The third-order valence-electron chi connectivity index (χ3n) is 2.40. The predicted molar refractivity (Wildman–Crippen MR) is 48.3 cm³/mol. The van der Waals surface area contributed by atoms with Crippen molar-refractivity contribution in [3.8, 4) is 0 Å². The number of carbonyl (C=O) groups excluding carboxylic acids is 1. The standard InChI is InChI=1S/C10H19O/c1-5-9(6-2)10(3,4)7-8-11/h8H,5-7H2,1-4H3. The third kappa shape index (κ3) is 3.04. The Kier molecular flexibility index (Phi) is 4.39. The maximum atomic E-state index is 10.3. The zero-order valence-corrected chi connectivity index (χ0v) is 8.11. The molecule has 11 heavy (non-hydrogen) atoms. The number of rotatable bonds is 5. The van der Waals surface area contributed by atoms with Crippen LogP contribution in [0.2, 0.25) is 0 Å². The van der Waals surface area contributed by atoms with Crippen LogP contribution in [0.25, 0.3) is 0 Å². The van der Waals surface area contributed by atoms with Crippen LogP contribution in [0.3, 0.4) is 0 Å². The van der Waals surface area contributed by atoms with Gasteiger partial charge < -0.3 is 4.79 Å². The van der Waals surface area contributed by atoms with Crippen LogP contribution in [0, 0.1) is 11.3 Å². The topological polar surface area (TPSA) is 17.1 Å². The Morgan fingerprint density at radius 3 is 2.00 bits per heavy atom. The summed E-state index contributed by atoms with van der Waals surface area (Å²) in [6.45, 7) is 8.60. The van der Waals surface area contributed by atoms with Crippen LogP contribution in [-0.2, 0) is 4.79 Å². The maximum Gasteiger partial charge on any atom is 0.120 e. The second-order valence-electron chi connectivity index (χ2n) is 3.57. The highest BCUT2D eigenvalue weighted by Crippen LogP contribution is 2.36. The molecule has 0 fully saturated rings. The highest BCUT2D eigenvalue weighted by Gasteiger charge is 2.26. The molecule has 0 atom stereocenters. The largest absolute Gasteiger partial charge is 0.303 e. The van der Waals surface area contributed by atoms with Gasteiger partial charge in [-0.15, -0.1) is 0 Å². The molecule has 0 aromatic rings. The summed E-state index contributed by atoms with van der Waals surface area (Å²) < 4.78 is 0. The number of carbonyl (C=O) groups is 1. The lowest BCUT2D eigenvalue weighted by molar-refractivity contribution is -0.109. The second kappa shape index (κ2) is 4.53. The van der Waals surface area contributed by atoms with Crippen molar-refractivity contribution in [3.05, 3.63) is 5.92 Å². The van der Waals surface area contributed by atoms with Gasteiger partial charge in [0.2, 0.25) is 0 Å². The van der Waals surface area contributed by atoms with E-state index < -0.39 is 0 Å². The Balaban J connectivity index is 4.10. The molecular formula is C10H19O. The molecule has 0 aromatic heterocycles. The first-order valence-corrected chi connectivity index (χ1v) is 4.37. The monoisotopic (exact) mass is 155 g/mol. The highest BCUT2D eigenvalue weighted by molar-refractivity contribution is 5.51. The molecule has 1 nitrogen and oxygen atoms in total. The fourth-order valence-electron chi connectivity index (χ4n) is 1.56. The van der Waals surface area contributed by atoms with Crippen molar-refractivity contribution in [2.24, 2.45) is 5.41 Å². The Hall–Kier alpha value is -0.330. The molecule has 0 saturated heterocycles. The Morgan fingerprint density at radius 2 is 1.73 bits per heavy atom. The van der Waals surface area contributed by atoms with Crippen molar-refractivity contribution >= 4 is 6.29 Å². The number of aldehydes is 1. The Bertz CT molecular complexity index is 112. The lowest BCUT2D eigenvalue weighted by Crippen LogP contribution is -2.21. The smallest absolute Gasteiger partial charge is 0.120 e. The average Bonchev–Trinajstić information content (AvgIpc) is 1.89. The van der Waals surface area contributed by atoms with Crippen LogP contribution in [0.15, 0.2) is 0 Å². The summed E-state index contributed by atoms with van der Waals surface area (Å²) in [6.07, 6.45) is 3.87. The maximum absolute atomic E-state index is 10.3. The summed E-state index contributed by atoms with van der Waals surface area (Å²) in [5.74, 6) is 1.49. The molecule has 0 aliphatic rings. The van der Waals surface area contributed by atoms with Gasteiger partial charge in [0, 0.05) is 6.42 Å². The van der Waals surface area contributed by atoms with Gasteiger partial charge in [-0.1, -0.05) is 27.7 Å². The molecule has 1 heteroatoms. The van der Waals surface area contributed by atoms with E-state index >= 15 is 0 Å². The van der Waals surface area contributed by atoms with Gasteiger partial charge in [0.05, 0.1) is 0 Å². The molecule has 0 aliphatic carbocycles. The van der Waals surface area contributed by atoms with E-state index in [0.717, 1.165) is 19.1 Å². The van der Waals surface area contributed by atoms with E-state index in [1.54, 1.807) is 0 Å². The zero-order valence-electron chi connectivity index (χ0n) is 8.11. The quantitative estimate of drug-likeness (QED) is 0.558. The minimum Gasteiger partial charge on any atom is -0.303 e. The molecule has 0 saturated carbocycles. The molecule has 0 N–H and O–H groups in total. The van der Waals surface area contributed by atoms with Crippen LogP contribution < -0.4 is 0 Å². The molecule has 0 amide bonds. The van der Waals surface area contributed by atoms with E-state index in [1.165, 1.54) is 5.92 Å². The van der Waals surface area contributed by atoms with Gasteiger partial charge in [-0.2, -0.15) is 0 Å². The fourth-order valence-corrected chi connectivity index (χ4v) is 1.56. The molecule has 0 spiro atoms. The lowest BCUT2D eigenvalue weighted by atomic mass is 9.74. The van der Waals surface area contributed by atoms with E-state index in [2.05, 4.69) is 27.7 Å². The first-order chi connectivity index (χ1) is 5.08. The molecule has 0 aliphatic heterocycles. The average molecular weight is 155 g/mol. The van der Waals surface area contributed by atoms with Crippen molar-refractivity contribution in [1.29, 1.82) is 0 Å². The summed E-state index contributed by atoms with van der Waals surface area (Å²) >= 11 is 0. The highest BCUT2D eigenvalue weighted by atomic mass is 16.1. The summed E-state index contributed by atoms with van der Waals surface area (Å²) in [5.41, 5.74) is 0.116. The Morgan fingerprint density at radius 1 is 1.27 bits per heavy atom. The molecule has 0 rings (SSSR count). The Labute approximate surface area is 70.2 Å². The van der Waals surface area contributed by atoms with Gasteiger partial charge in [0.15, 0.2) is 0 Å². The molecule has 1 radical (unpaired) electrons. The van der Waals surface area contributed by atoms with Crippen molar-refractivity contribution in [2.45, 2.75) is 47.0 Å². The fraction of sp³-hybridized carbons (Fsp3) is 0.800. The molecule has 0 bridgehead atoms. The molecule has 0 unspecified atom stereocenters. The molecule has 0 aromatic carbocycles. The van der Waals surface area contributed by atoms with Gasteiger partial charge in [0.25, 0.3) is 0 Å². The van der Waals surface area contributed by atoms with Crippen LogP contribution in [0.4, 0.5) is 0 Å². The van der Waals surface area contributed by atoms with E-state index in [9.17, 15) is 4.79 Å². The van der Waals surface area contributed by atoms with E-state index in [1.807, 2.05) is 0 Å². The van der Waals surface area contributed by atoms with Crippen molar-refractivity contribution in [2.75, 3.05) is 0 Å². The third-order valence-corrected chi connectivity index (χ3v) is 2.40. The van der Waals surface area contributed by atoms with Crippen LogP contribution in [0.5, 0.6) is 0 Å². The minimum absolute atomic E-state index is 0.116. The molecular weight excluding hydrogens is 136 g/mol. The van der Waals surface area contributed by atoms with Crippen molar-refractivity contribution in [3.63, 3.8) is 0 Å². The van der Waals surface area contributed by atoms with Crippen molar-refractivity contribution < 1.29 is 4.79 Å². The van der Waals surface area contributed by atoms with Gasteiger partial charge >= 0.3 is 0 Å². The summed E-state index contributed by atoms with van der Waals surface area (Å²) in [5, 5.41) is 0. The van der Waals surface area contributed by atoms with E-state index in [0.29, 0.717) is 6.42 Å². The summed E-state index contributed by atoms with van der Waals surface area (Å²) in [4.78, 5) is 10.3. The minimum atomic E-state index is 0.116. The van der Waals surface area contributed by atoms with E-state index in [4.69, 9.17) is 0 Å². The molecule has 65 valence electrons. The zero-order chi connectivity index (χ0) is 8.91. The first kappa shape index (κ1) is 10.7. The second-order valence-corrected chi connectivity index (χ2v) is 3.57. The molecule has 0 heterocycles. The summed E-state index contributed by atoms with van der Waals surface area (Å²) in [6, 6.07) is 0. The number of hydrogen-bond acceptors (Lipinski definition) is 1. The van der Waals surface area contributed by atoms with Gasteiger partial charge in [-0.25, -0.2) is 0 Å². The van der Waals surface area contributed by atoms with Gasteiger partial charge in [0.1, 0.15) is 6.29 Å². The first-order valence-electron chi connectivity index (χ1n) is 4.37.